The van der Waals surface area contributed by atoms with Gasteiger partial charge in [0.2, 0.25) is 0 Å². The van der Waals surface area contributed by atoms with Gasteiger partial charge in [-0.1, -0.05) is 24.3 Å². The Bertz CT molecular complexity index is 754. The molecule has 1 atom stereocenters. The average molecular weight is 364 g/mol. The summed E-state index contributed by atoms with van der Waals surface area (Å²) in [7, 11) is 0. The standard InChI is InChI=1S/C19H19F3N2O2/c20-19(21,22)15-3-1-2-13(8-15)9-16(25)10-14-4-5-17(24-11-14)18-12-23-6-7-26-18/h1-5,8,11,18,23H,6-7,9-10,12H2/t18-/m1/s1. The van der Waals surface area contributed by atoms with E-state index in [1.807, 2.05) is 12.1 Å². The van der Waals surface area contributed by atoms with Crippen LogP contribution in [0, 0.1) is 0 Å². The monoisotopic (exact) mass is 364 g/mol. The third-order valence-corrected chi connectivity index (χ3v) is 4.16. The van der Waals surface area contributed by atoms with Crippen molar-refractivity contribution in [2.45, 2.75) is 25.1 Å². The number of alkyl halides is 3. The van der Waals surface area contributed by atoms with E-state index in [1.165, 1.54) is 12.1 Å². The molecule has 26 heavy (non-hydrogen) atoms. The van der Waals surface area contributed by atoms with Gasteiger partial charge in [0.15, 0.2) is 0 Å². The van der Waals surface area contributed by atoms with Crippen molar-refractivity contribution in [2.75, 3.05) is 19.7 Å². The second kappa shape index (κ2) is 7.97. The molecule has 0 aliphatic carbocycles. The van der Waals surface area contributed by atoms with Crippen molar-refractivity contribution in [3.63, 3.8) is 0 Å². The van der Waals surface area contributed by atoms with E-state index in [4.69, 9.17) is 4.74 Å². The minimum atomic E-state index is -4.41. The van der Waals surface area contributed by atoms with Crippen LogP contribution in [0.5, 0.6) is 0 Å². The lowest BCUT2D eigenvalue weighted by Gasteiger charge is -2.23. The molecular weight excluding hydrogens is 345 g/mol. The lowest BCUT2D eigenvalue weighted by Crippen LogP contribution is -2.33. The average Bonchev–Trinajstić information content (AvgIpc) is 2.62. The number of ether oxygens (including phenoxy) is 1. The molecule has 1 aromatic carbocycles. The van der Waals surface area contributed by atoms with Crippen LogP contribution in [-0.4, -0.2) is 30.5 Å². The van der Waals surface area contributed by atoms with Gasteiger partial charge in [-0.05, 0) is 23.3 Å². The van der Waals surface area contributed by atoms with Crippen molar-refractivity contribution < 1.29 is 22.7 Å². The zero-order valence-electron chi connectivity index (χ0n) is 14.1. The molecule has 1 N–H and O–H groups in total. The molecule has 4 nitrogen and oxygen atoms in total. The van der Waals surface area contributed by atoms with Gasteiger partial charge in [-0.15, -0.1) is 0 Å². The van der Waals surface area contributed by atoms with Crippen LogP contribution in [0.2, 0.25) is 0 Å². The Hall–Kier alpha value is -2.25. The smallest absolute Gasteiger partial charge is 0.369 e. The van der Waals surface area contributed by atoms with Crippen LogP contribution in [0.4, 0.5) is 13.2 Å². The molecule has 0 bridgehead atoms. The fourth-order valence-corrected chi connectivity index (χ4v) is 2.86. The van der Waals surface area contributed by atoms with Crippen molar-refractivity contribution in [1.29, 1.82) is 0 Å². The maximum absolute atomic E-state index is 12.7. The van der Waals surface area contributed by atoms with E-state index in [0.29, 0.717) is 18.7 Å². The molecule has 0 saturated carbocycles. The highest BCUT2D eigenvalue weighted by atomic mass is 19.4. The maximum atomic E-state index is 12.7. The highest BCUT2D eigenvalue weighted by Crippen LogP contribution is 2.29. The van der Waals surface area contributed by atoms with Crippen LogP contribution in [0.25, 0.3) is 0 Å². The number of carbonyl (C=O) groups excluding carboxylic acids is 1. The Morgan fingerprint density at radius 3 is 2.65 bits per heavy atom. The third-order valence-electron chi connectivity index (χ3n) is 4.16. The summed E-state index contributed by atoms with van der Waals surface area (Å²) in [5.41, 5.74) is 1.15. The molecule has 1 saturated heterocycles. The summed E-state index contributed by atoms with van der Waals surface area (Å²) in [6.45, 7) is 2.14. The molecule has 1 aromatic heterocycles. The van der Waals surface area contributed by atoms with Crippen LogP contribution < -0.4 is 5.32 Å². The number of benzene rings is 1. The van der Waals surface area contributed by atoms with Gasteiger partial charge >= 0.3 is 6.18 Å². The molecule has 0 spiro atoms. The van der Waals surface area contributed by atoms with Crippen molar-refractivity contribution in [3.05, 3.63) is 65.0 Å². The van der Waals surface area contributed by atoms with Crippen molar-refractivity contribution in [1.82, 2.24) is 10.3 Å². The van der Waals surface area contributed by atoms with Crippen molar-refractivity contribution >= 4 is 5.78 Å². The first kappa shape index (κ1) is 18.5. The molecule has 7 heteroatoms. The number of pyridine rings is 1. The van der Waals surface area contributed by atoms with Gasteiger partial charge in [0, 0.05) is 32.1 Å². The lowest BCUT2D eigenvalue weighted by atomic mass is 10.0. The van der Waals surface area contributed by atoms with Gasteiger partial charge in [-0.3, -0.25) is 9.78 Å². The lowest BCUT2D eigenvalue weighted by molar-refractivity contribution is -0.137. The molecule has 2 aromatic rings. The van der Waals surface area contributed by atoms with E-state index in [2.05, 4.69) is 10.3 Å². The van der Waals surface area contributed by atoms with Crippen molar-refractivity contribution in [2.24, 2.45) is 0 Å². The number of hydrogen-bond donors (Lipinski definition) is 1. The number of hydrogen-bond acceptors (Lipinski definition) is 4. The predicted octanol–water partition coefficient (Wildman–Crippen LogP) is 3.12. The third kappa shape index (κ3) is 4.89. The summed E-state index contributed by atoms with van der Waals surface area (Å²) in [6, 6.07) is 8.50. The van der Waals surface area contributed by atoms with Gasteiger partial charge in [-0.2, -0.15) is 13.2 Å². The number of halogens is 3. The Kier molecular flexibility index (Phi) is 5.68. The summed E-state index contributed by atoms with van der Waals surface area (Å²) in [4.78, 5) is 16.5. The van der Waals surface area contributed by atoms with E-state index in [-0.39, 0.29) is 24.7 Å². The van der Waals surface area contributed by atoms with Crippen LogP contribution in [0.1, 0.15) is 28.5 Å². The zero-order valence-corrected chi connectivity index (χ0v) is 14.1. The summed E-state index contributed by atoms with van der Waals surface area (Å²) in [5, 5.41) is 3.22. The highest BCUT2D eigenvalue weighted by Gasteiger charge is 2.30. The van der Waals surface area contributed by atoms with Crippen LogP contribution >= 0.6 is 0 Å². The van der Waals surface area contributed by atoms with E-state index < -0.39 is 11.7 Å². The molecule has 2 heterocycles. The highest BCUT2D eigenvalue weighted by molar-refractivity contribution is 5.83. The largest absolute Gasteiger partial charge is 0.416 e. The first-order chi connectivity index (χ1) is 12.4. The van der Waals surface area contributed by atoms with Gasteiger partial charge in [0.1, 0.15) is 11.9 Å². The second-order valence-corrected chi connectivity index (χ2v) is 6.25. The van der Waals surface area contributed by atoms with Crippen LogP contribution in [-0.2, 0) is 28.5 Å². The number of ketones is 1. The van der Waals surface area contributed by atoms with Gasteiger partial charge in [-0.25, -0.2) is 0 Å². The van der Waals surface area contributed by atoms with Crippen LogP contribution in [0.3, 0.4) is 0 Å². The molecule has 1 aliphatic heterocycles. The Labute approximate surface area is 149 Å². The quantitative estimate of drug-likeness (QED) is 0.886. The molecule has 3 rings (SSSR count). The van der Waals surface area contributed by atoms with E-state index in [1.54, 1.807) is 6.20 Å². The van der Waals surface area contributed by atoms with E-state index in [9.17, 15) is 18.0 Å². The van der Waals surface area contributed by atoms with Crippen LogP contribution in [0.15, 0.2) is 42.6 Å². The maximum Gasteiger partial charge on any atom is 0.416 e. The summed E-state index contributed by atoms with van der Waals surface area (Å²) in [6.07, 6.45) is -2.79. The Morgan fingerprint density at radius 1 is 1.19 bits per heavy atom. The SMILES string of the molecule is O=C(Cc1ccc([C@H]2CNCCO2)nc1)Cc1cccc(C(F)(F)F)c1. The number of aromatic nitrogens is 1. The topological polar surface area (TPSA) is 51.2 Å². The predicted molar refractivity (Wildman–Crippen MR) is 89.7 cm³/mol. The summed E-state index contributed by atoms with van der Waals surface area (Å²) < 4.78 is 43.8. The number of morpholine rings is 1. The number of carbonyl (C=O) groups is 1. The molecular formula is C19H19F3N2O2. The molecule has 1 aliphatic rings. The van der Waals surface area contributed by atoms with E-state index >= 15 is 0 Å². The molecule has 138 valence electrons. The summed E-state index contributed by atoms with van der Waals surface area (Å²) >= 11 is 0. The molecule has 1 fully saturated rings. The number of Topliss-reactive ketones (excluding diaryl/α,β-unsaturated/α-hetero) is 1. The van der Waals surface area contributed by atoms with Crippen molar-refractivity contribution in [3.8, 4) is 0 Å². The normalized spacial score (nSPS) is 17.9. The second-order valence-electron chi connectivity index (χ2n) is 6.25. The first-order valence-corrected chi connectivity index (χ1v) is 8.37. The fourth-order valence-electron chi connectivity index (χ4n) is 2.86. The molecule has 0 unspecified atom stereocenters. The van der Waals surface area contributed by atoms with E-state index in [0.717, 1.165) is 29.9 Å². The minimum absolute atomic E-state index is 0.0403. The number of nitrogens with zero attached hydrogens (tertiary/aromatic N) is 1. The zero-order chi connectivity index (χ0) is 18.6. The molecule has 0 amide bonds. The first-order valence-electron chi connectivity index (χ1n) is 8.37. The minimum Gasteiger partial charge on any atom is -0.369 e. The van der Waals surface area contributed by atoms with Gasteiger partial charge in [0.25, 0.3) is 0 Å². The summed E-state index contributed by atoms with van der Waals surface area (Å²) in [5.74, 6) is -0.158. The number of nitrogens with one attached hydrogen (secondary N) is 1. The van der Waals surface area contributed by atoms with Gasteiger partial charge in [0.05, 0.1) is 17.9 Å². The fraction of sp³-hybridized carbons (Fsp3) is 0.368. The molecule has 0 radical (unpaired) electrons. The Balaban J connectivity index is 1.59. The Morgan fingerprint density at radius 2 is 2.00 bits per heavy atom. The van der Waals surface area contributed by atoms with Gasteiger partial charge < -0.3 is 10.1 Å². The number of rotatable bonds is 5.